The number of allylic oxidation sites excluding steroid dienone is 1. The molecule has 0 aliphatic heterocycles. The van der Waals surface area contributed by atoms with Crippen molar-refractivity contribution in [1.29, 1.82) is 0 Å². The lowest BCUT2D eigenvalue weighted by Gasteiger charge is -2.55. The lowest BCUT2D eigenvalue weighted by molar-refractivity contribution is -0.0327. The number of rotatable bonds is 1. The van der Waals surface area contributed by atoms with Crippen LogP contribution in [-0.2, 0) is 0 Å². The van der Waals surface area contributed by atoms with E-state index in [1.165, 1.54) is 50.5 Å². The van der Waals surface area contributed by atoms with Crippen LogP contribution in [0.1, 0.15) is 65.7 Å². The van der Waals surface area contributed by atoms with E-state index in [0.29, 0.717) is 10.8 Å². The minimum absolute atomic E-state index is 0.578. The maximum atomic E-state index is 4.25. The first-order chi connectivity index (χ1) is 7.00. The van der Waals surface area contributed by atoms with Crippen LogP contribution in [0.2, 0.25) is 0 Å². The second kappa shape index (κ2) is 3.64. The van der Waals surface area contributed by atoms with Gasteiger partial charge in [-0.25, -0.2) is 0 Å². The van der Waals surface area contributed by atoms with E-state index in [0.717, 1.165) is 5.92 Å². The van der Waals surface area contributed by atoms with Crippen molar-refractivity contribution in [2.75, 3.05) is 0 Å². The molecule has 0 nitrogen and oxygen atoms in total. The van der Waals surface area contributed by atoms with Crippen LogP contribution in [0.15, 0.2) is 12.2 Å². The number of fused-ring (bicyclic) bond motifs is 1. The van der Waals surface area contributed by atoms with Crippen LogP contribution in [-0.4, -0.2) is 0 Å². The Kier molecular flexibility index (Phi) is 2.73. The Labute approximate surface area is 95.1 Å². The molecule has 2 fully saturated rings. The van der Waals surface area contributed by atoms with Crippen molar-refractivity contribution in [3.63, 3.8) is 0 Å². The standard InChI is InChI=1S/C15H26/c1-5-15-10-6-9-14(3,4)13(15)8-7-12(2)11-15/h13H,2,5-11H2,1,3-4H3. The van der Waals surface area contributed by atoms with Gasteiger partial charge in [0.05, 0.1) is 0 Å². The highest BCUT2D eigenvalue weighted by molar-refractivity contribution is 5.11. The molecule has 0 radical (unpaired) electrons. The lowest BCUT2D eigenvalue weighted by atomic mass is 9.49. The second-order valence-corrected chi connectivity index (χ2v) is 6.58. The zero-order valence-corrected chi connectivity index (χ0v) is 10.7. The van der Waals surface area contributed by atoms with Crippen molar-refractivity contribution in [3.8, 4) is 0 Å². The van der Waals surface area contributed by atoms with Gasteiger partial charge in [-0.1, -0.05) is 39.3 Å². The summed E-state index contributed by atoms with van der Waals surface area (Å²) in [6, 6.07) is 0. The molecular formula is C15H26. The average Bonchev–Trinajstić information content (AvgIpc) is 2.16. The third-order valence-electron chi connectivity index (χ3n) is 5.27. The predicted octanol–water partition coefficient (Wildman–Crippen LogP) is 4.95. The molecule has 0 spiro atoms. The van der Waals surface area contributed by atoms with Gasteiger partial charge < -0.3 is 0 Å². The van der Waals surface area contributed by atoms with E-state index in [1.807, 2.05) is 0 Å². The normalized spacial score (nSPS) is 39.9. The molecule has 2 unspecified atom stereocenters. The molecule has 2 rings (SSSR count). The third-order valence-corrected chi connectivity index (χ3v) is 5.27. The Morgan fingerprint density at radius 1 is 1.33 bits per heavy atom. The van der Waals surface area contributed by atoms with Gasteiger partial charge in [0.2, 0.25) is 0 Å². The first kappa shape index (κ1) is 11.2. The molecule has 0 bridgehead atoms. The lowest BCUT2D eigenvalue weighted by Crippen LogP contribution is -2.45. The molecule has 15 heavy (non-hydrogen) atoms. The minimum Gasteiger partial charge on any atom is -0.0998 e. The van der Waals surface area contributed by atoms with Gasteiger partial charge in [0.25, 0.3) is 0 Å². The van der Waals surface area contributed by atoms with Crippen molar-refractivity contribution < 1.29 is 0 Å². The Morgan fingerprint density at radius 3 is 2.73 bits per heavy atom. The van der Waals surface area contributed by atoms with Gasteiger partial charge in [0, 0.05) is 0 Å². The molecule has 2 atom stereocenters. The van der Waals surface area contributed by atoms with Crippen molar-refractivity contribution in [1.82, 2.24) is 0 Å². The Bertz CT molecular complexity index is 261. The summed E-state index contributed by atoms with van der Waals surface area (Å²) in [5, 5.41) is 0. The summed E-state index contributed by atoms with van der Waals surface area (Å²) in [5.74, 6) is 0.953. The first-order valence-electron chi connectivity index (χ1n) is 6.67. The van der Waals surface area contributed by atoms with Gasteiger partial charge in [-0.05, 0) is 55.3 Å². The zero-order valence-electron chi connectivity index (χ0n) is 10.7. The molecule has 0 aromatic carbocycles. The Balaban J connectivity index is 2.29. The molecule has 0 N–H and O–H groups in total. The summed E-state index contributed by atoms with van der Waals surface area (Å²) >= 11 is 0. The van der Waals surface area contributed by atoms with E-state index >= 15 is 0 Å². The minimum atomic E-state index is 0.578. The summed E-state index contributed by atoms with van der Waals surface area (Å²) < 4.78 is 0. The van der Waals surface area contributed by atoms with Crippen LogP contribution in [0.25, 0.3) is 0 Å². The SMILES string of the molecule is C=C1CCC2C(C)(C)CCCC2(CC)C1. The van der Waals surface area contributed by atoms with E-state index in [1.54, 1.807) is 0 Å². The van der Waals surface area contributed by atoms with E-state index in [-0.39, 0.29) is 0 Å². The fourth-order valence-corrected chi connectivity index (χ4v) is 4.46. The quantitative estimate of drug-likeness (QED) is 0.532. The third kappa shape index (κ3) is 1.77. The molecular weight excluding hydrogens is 180 g/mol. The van der Waals surface area contributed by atoms with Crippen LogP contribution in [0.5, 0.6) is 0 Å². The van der Waals surface area contributed by atoms with Crippen LogP contribution in [0, 0.1) is 16.7 Å². The maximum Gasteiger partial charge on any atom is -0.0230 e. The highest BCUT2D eigenvalue weighted by Crippen LogP contribution is 2.59. The number of hydrogen-bond acceptors (Lipinski definition) is 0. The molecule has 0 aromatic rings. The van der Waals surface area contributed by atoms with Gasteiger partial charge in [0.1, 0.15) is 0 Å². The summed E-state index contributed by atoms with van der Waals surface area (Å²) in [6.45, 7) is 11.6. The van der Waals surface area contributed by atoms with Gasteiger partial charge in [-0.2, -0.15) is 0 Å². The van der Waals surface area contributed by atoms with Crippen LogP contribution in [0.3, 0.4) is 0 Å². The van der Waals surface area contributed by atoms with Crippen molar-refractivity contribution >= 4 is 0 Å². The van der Waals surface area contributed by atoms with Crippen LogP contribution >= 0.6 is 0 Å². The van der Waals surface area contributed by atoms with Gasteiger partial charge >= 0.3 is 0 Å². The molecule has 0 saturated heterocycles. The average molecular weight is 206 g/mol. The fraction of sp³-hybridized carbons (Fsp3) is 0.867. The first-order valence-corrected chi connectivity index (χ1v) is 6.67. The second-order valence-electron chi connectivity index (χ2n) is 6.58. The van der Waals surface area contributed by atoms with E-state index in [4.69, 9.17) is 0 Å². The maximum absolute atomic E-state index is 4.25. The molecule has 2 aliphatic rings. The molecule has 0 heterocycles. The van der Waals surface area contributed by atoms with Crippen molar-refractivity contribution in [2.45, 2.75) is 65.7 Å². The Morgan fingerprint density at radius 2 is 2.07 bits per heavy atom. The zero-order chi connectivity index (χ0) is 11.1. The van der Waals surface area contributed by atoms with E-state index in [9.17, 15) is 0 Å². The highest BCUT2D eigenvalue weighted by Gasteiger charge is 2.49. The predicted molar refractivity (Wildman–Crippen MR) is 66.8 cm³/mol. The molecule has 0 amide bonds. The summed E-state index contributed by atoms with van der Waals surface area (Å²) in [5.41, 5.74) is 2.72. The van der Waals surface area contributed by atoms with Gasteiger partial charge in [-0.15, -0.1) is 0 Å². The van der Waals surface area contributed by atoms with E-state index < -0.39 is 0 Å². The van der Waals surface area contributed by atoms with Crippen LogP contribution < -0.4 is 0 Å². The number of hydrogen-bond donors (Lipinski definition) is 0. The topological polar surface area (TPSA) is 0 Å². The Hall–Kier alpha value is -0.260. The summed E-state index contributed by atoms with van der Waals surface area (Å²) in [6.07, 6.45) is 9.69. The van der Waals surface area contributed by atoms with Gasteiger partial charge in [-0.3, -0.25) is 0 Å². The van der Waals surface area contributed by atoms with Crippen molar-refractivity contribution in [2.24, 2.45) is 16.7 Å². The molecule has 0 aromatic heterocycles. The monoisotopic (exact) mass is 206 g/mol. The van der Waals surface area contributed by atoms with Gasteiger partial charge in [0.15, 0.2) is 0 Å². The largest absolute Gasteiger partial charge is 0.0998 e. The summed E-state index contributed by atoms with van der Waals surface area (Å²) in [7, 11) is 0. The van der Waals surface area contributed by atoms with Crippen LogP contribution in [0.4, 0.5) is 0 Å². The molecule has 2 saturated carbocycles. The van der Waals surface area contributed by atoms with E-state index in [2.05, 4.69) is 27.4 Å². The fourth-order valence-electron chi connectivity index (χ4n) is 4.46. The van der Waals surface area contributed by atoms with Crippen molar-refractivity contribution in [3.05, 3.63) is 12.2 Å². The molecule has 0 heteroatoms. The molecule has 86 valence electrons. The smallest absolute Gasteiger partial charge is 0.0230 e. The summed E-state index contributed by atoms with van der Waals surface area (Å²) in [4.78, 5) is 0. The molecule has 2 aliphatic carbocycles. The highest BCUT2D eigenvalue weighted by atomic mass is 14.5.